The molecule has 10 heteroatoms. The van der Waals surface area contributed by atoms with Gasteiger partial charge in [0, 0.05) is 29.2 Å². The maximum Gasteiger partial charge on any atom is 0.416 e. The number of oxime groups is 1. The Morgan fingerprint density at radius 2 is 1.94 bits per heavy atom. The molecule has 0 radical (unpaired) electrons. The largest absolute Gasteiger partial charge is 0.488 e. The number of alkyl halides is 3. The smallest absolute Gasteiger partial charge is 0.416 e. The predicted octanol–water partition coefficient (Wildman–Crippen LogP) is 4.85. The quantitative estimate of drug-likeness (QED) is 0.423. The highest BCUT2D eigenvalue weighted by Gasteiger charge is 2.29. The Bertz CT molecular complexity index is 963. The summed E-state index contributed by atoms with van der Waals surface area (Å²) in [5.74, 6) is 0.627. The molecule has 3 rings (SSSR count). The lowest BCUT2D eigenvalue weighted by molar-refractivity contribution is -0.137. The first kappa shape index (κ1) is 23.4. The van der Waals surface area contributed by atoms with Gasteiger partial charge in [0.05, 0.1) is 16.8 Å². The Kier molecular flexibility index (Phi) is 7.83. The molecule has 0 fully saturated rings. The maximum atomic E-state index is 12.6. The Morgan fingerprint density at radius 3 is 2.65 bits per heavy atom. The molecule has 5 nitrogen and oxygen atoms in total. The zero-order valence-corrected chi connectivity index (χ0v) is 17.6. The first-order valence-corrected chi connectivity index (χ1v) is 10.0. The summed E-state index contributed by atoms with van der Waals surface area (Å²) >= 11 is 12.3. The van der Waals surface area contributed by atoms with Crippen molar-refractivity contribution in [3.8, 4) is 5.75 Å². The van der Waals surface area contributed by atoms with Crippen molar-refractivity contribution in [3.05, 3.63) is 69.8 Å². The van der Waals surface area contributed by atoms with Crippen LogP contribution in [0.3, 0.4) is 0 Å². The number of hydrogen-bond acceptors (Lipinski definition) is 5. The van der Waals surface area contributed by atoms with Gasteiger partial charge in [0.2, 0.25) is 0 Å². The van der Waals surface area contributed by atoms with Crippen LogP contribution in [-0.2, 0) is 17.6 Å². The molecule has 2 aromatic carbocycles. The van der Waals surface area contributed by atoms with Crippen molar-refractivity contribution < 1.29 is 27.9 Å². The van der Waals surface area contributed by atoms with Crippen molar-refractivity contribution in [2.45, 2.75) is 18.8 Å². The lowest BCUT2D eigenvalue weighted by Crippen LogP contribution is -2.29. The van der Waals surface area contributed by atoms with Gasteiger partial charge in [-0.25, -0.2) is 0 Å². The fraction of sp³-hybridized carbons (Fsp3) is 0.286. The van der Waals surface area contributed by atoms with Crippen molar-refractivity contribution in [1.29, 1.82) is 0 Å². The molecule has 0 spiro atoms. The van der Waals surface area contributed by atoms with Crippen molar-refractivity contribution in [3.63, 3.8) is 0 Å². The third-order valence-electron chi connectivity index (χ3n) is 4.38. The minimum absolute atomic E-state index is 0.0787. The van der Waals surface area contributed by atoms with E-state index in [4.69, 9.17) is 32.8 Å². The third kappa shape index (κ3) is 6.61. The fourth-order valence-electron chi connectivity index (χ4n) is 2.77. The molecule has 166 valence electrons. The second-order valence-corrected chi connectivity index (χ2v) is 7.59. The van der Waals surface area contributed by atoms with Gasteiger partial charge < -0.3 is 20.0 Å². The van der Waals surface area contributed by atoms with E-state index in [-0.39, 0.29) is 19.8 Å². The molecule has 1 aliphatic rings. The van der Waals surface area contributed by atoms with Crippen LogP contribution in [0.25, 0.3) is 5.03 Å². The highest BCUT2D eigenvalue weighted by atomic mass is 35.5. The van der Waals surface area contributed by atoms with Crippen LogP contribution < -0.4 is 10.1 Å². The summed E-state index contributed by atoms with van der Waals surface area (Å²) in [5, 5.41) is 17.7. The summed E-state index contributed by atoms with van der Waals surface area (Å²) in [7, 11) is 0. The monoisotopic (exact) mass is 474 g/mol. The number of ether oxygens (including phenoxy) is 1. The Hall–Kier alpha value is -2.26. The molecule has 2 N–H and O–H groups in total. The van der Waals surface area contributed by atoms with Crippen molar-refractivity contribution in [2.24, 2.45) is 5.16 Å². The van der Waals surface area contributed by atoms with Gasteiger partial charge in [0.1, 0.15) is 25.1 Å². The highest BCUT2D eigenvalue weighted by molar-refractivity contribution is 6.51. The van der Waals surface area contributed by atoms with Gasteiger partial charge >= 0.3 is 6.18 Å². The summed E-state index contributed by atoms with van der Waals surface area (Å²) in [4.78, 5) is 5.09. The molecular formula is C21H19Cl2F3N2O3. The average Bonchev–Trinajstić information content (AvgIpc) is 2.73. The van der Waals surface area contributed by atoms with Crippen LogP contribution in [0.1, 0.15) is 16.7 Å². The summed E-state index contributed by atoms with van der Waals surface area (Å²) in [6, 6.07) is 9.95. The molecule has 1 aliphatic heterocycles. The molecule has 0 bridgehead atoms. The number of nitrogens with zero attached hydrogens (tertiary/aromatic N) is 1. The van der Waals surface area contributed by atoms with Gasteiger partial charge in [-0.05, 0) is 35.9 Å². The van der Waals surface area contributed by atoms with E-state index in [0.717, 1.165) is 12.1 Å². The van der Waals surface area contributed by atoms with Crippen LogP contribution in [0.4, 0.5) is 13.2 Å². The van der Waals surface area contributed by atoms with E-state index in [1.807, 2.05) is 0 Å². The Balaban J connectivity index is 1.41. The van der Waals surface area contributed by atoms with E-state index in [1.54, 1.807) is 18.2 Å². The Labute approximate surface area is 187 Å². The van der Waals surface area contributed by atoms with Gasteiger partial charge in [-0.3, -0.25) is 0 Å². The topological polar surface area (TPSA) is 63.1 Å². The number of benzene rings is 2. The zero-order chi connectivity index (χ0) is 22.4. The minimum atomic E-state index is -4.36. The summed E-state index contributed by atoms with van der Waals surface area (Å²) in [6.07, 6.45) is -3.81. The standard InChI is InChI=1S/C21H19Cl2F3N2O3/c22-16-5-6-19-18(7-16)20(23)14(11-30-19)9-28-31-12-17(29)10-27-8-13-1-3-15(4-2-13)21(24,25)26/h1-7,9,17,27,29H,8,10-12H2/b28-9-/t17-/m1/s1. The van der Waals surface area contributed by atoms with Gasteiger partial charge in [-0.15, -0.1) is 0 Å². The molecule has 0 aromatic heterocycles. The summed E-state index contributed by atoms with van der Waals surface area (Å²) < 4.78 is 43.2. The van der Waals surface area contributed by atoms with Crippen LogP contribution in [0.15, 0.2) is 53.2 Å². The van der Waals surface area contributed by atoms with Gasteiger partial charge in [0.15, 0.2) is 0 Å². The number of halogens is 5. The second kappa shape index (κ2) is 10.4. The fourth-order valence-corrected chi connectivity index (χ4v) is 3.19. The summed E-state index contributed by atoms with van der Waals surface area (Å²) in [6.45, 7) is 0.623. The van der Waals surface area contributed by atoms with E-state index >= 15 is 0 Å². The number of nitrogens with one attached hydrogen (secondary N) is 1. The molecular weight excluding hydrogens is 456 g/mol. The molecule has 1 atom stereocenters. The highest BCUT2D eigenvalue weighted by Crippen LogP contribution is 2.36. The lowest BCUT2D eigenvalue weighted by atomic mass is 10.1. The number of aliphatic hydroxyl groups excluding tert-OH is 1. The van der Waals surface area contributed by atoms with Crippen LogP contribution in [0.5, 0.6) is 5.75 Å². The molecule has 0 aliphatic carbocycles. The van der Waals surface area contributed by atoms with E-state index in [0.29, 0.717) is 39.0 Å². The summed E-state index contributed by atoms with van der Waals surface area (Å²) in [5.41, 5.74) is 1.23. The third-order valence-corrected chi connectivity index (χ3v) is 5.06. The van der Waals surface area contributed by atoms with Crippen molar-refractivity contribution in [2.75, 3.05) is 19.8 Å². The van der Waals surface area contributed by atoms with Crippen LogP contribution in [0, 0.1) is 0 Å². The van der Waals surface area contributed by atoms with Crippen molar-refractivity contribution >= 4 is 34.4 Å². The first-order valence-electron chi connectivity index (χ1n) is 9.25. The number of hydrogen-bond donors (Lipinski definition) is 2. The van der Waals surface area contributed by atoms with Crippen LogP contribution >= 0.6 is 23.2 Å². The van der Waals surface area contributed by atoms with E-state index in [9.17, 15) is 18.3 Å². The van der Waals surface area contributed by atoms with E-state index < -0.39 is 17.8 Å². The molecule has 0 unspecified atom stereocenters. The predicted molar refractivity (Wildman–Crippen MR) is 113 cm³/mol. The SMILES string of the molecule is O[C@H](CNCc1ccc(C(F)(F)F)cc1)CO/N=C\C1=C(Cl)c2cc(Cl)ccc2OC1. The van der Waals surface area contributed by atoms with Gasteiger partial charge in [0.25, 0.3) is 0 Å². The zero-order valence-electron chi connectivity index (χ0n) is 16.1. The minimum Gasteiger partial charge on any atom is -0.488 e. The Morgan fingerprint density at radius 1 is 1.19 bits per heavy atom. The van der Waals surface area contributed by atoms with E-state index in [1.165, 1.54) is 18.3 Å². The van der Waals surface area contributed by atoms with Gasteiger partial charge in [-0.1, -0.05) is 40.5 Å². The van der Waals surface area contributed by atoms with Gasteiger partial charge in [-0.2, -0.15) is 13.2 Å². The first-order chi connectivity index (χ1) is 14.7. The molecule has 0 saturated heterocycles. The van der Waals surface area contributed by atoms with Crippen molar-refractivity contribution in [1.82, 2.24) is 5.32 Å². The number of rotatable bonds is 8. The maximum absolute atomic E-state index is 12.6. The average molecular weight is 475 g/mol. The molecule has 0 saturated carbocycles. The number of fused-ring (bicyclic) bond motifs is 1. The lowest BCUT2D eigenvalue weighted by Gasteiger charge is -2.18. The number of aliphatic hydroxyl groups is 1. The normalized spacial score (nSPS) is 15.0. The molecule has 1 heterocycles. The second-order valence-electron chi connectivity index (χ2n) is 6.78. The molecule has 0 amide bonds. The molecule has 2 aromatic rings. The van der Waals surface area contributed by atoms with Crippen LogP contribution in [-0.4, -0.2) is 37.2 Å². The van der Waals surface area contributed by atoms with Crippen LogP contribution in [0.2, 0.25) is 5.02 Å². The van der Waals surface area contributed by atoms with E-state index in [2.05, 4.69) is 10.5 Å². The molecule has 31 heavy (non-hydrogen) atoms.